The Balaban J connectivity index is 1.64. The molecule has 0 aliphatic heterocycles. The molecule has 0 amide bonds. The molecule has 4 aliphatic rings. The van der Waals surface area contributed by atoms with Gasteiger partial charge in [-0.2, -0.15) is 0 Å². The summed E-state index contributed by atoms with van der Waals surface area (Å²) < 4.78 is 0. The molecular formula is C18H25N. The first-order valence-electron chi connectivity index (χ1n) is 7.98. The van der Waals surface area contributed by atoms with Crippen molar-refractivity contribution < 1.29 is 0 Å². The first-order valence-corrected chi connectivity index (χ1v) is 7.98. The van der Waals surface area contributed by atoms with Crippen LogP contribution < -0.4 is 5.32 Å². The molecule has 1 heteroatoms. The van der Waals surface area contributed by atoms with E-state index < -0.39 is 0 Å². The molecule has 4 aliphatic carbocycles. The lowest BCUT2D eigenvalue weighted by molar-refractivity contribution is 0.0107. The topological polar surface area (TPSA) is 12.0 Å². The number of benzene rings is 1. The van der Waals surface area contributed by atoms with E-state index in [1.165, 1.54) is 55.3 Å². The molecule has 1 aromatic rings. The molecule has 0 saturated heterocycles. The van der Waals surface area contributed by atoms with Gasteiger partial charge in [0.1, 0.15) is 0 Å². The second kappa shape index (κ2) is 4.01. The standard InChI is InChI=1S/C18H25N/c1-12-4-3-5-17(13(12)2)19-18-9-14-6-15(10-18)8-16(7-14)11-18/h3-5,14-16,19H,6-11H2,1-2H3. The summed E-state index contributed by atoms with van der Waals surface area (Å²) >= 11 is 0. The summed E-state index contributed by atoms with van der Waals surface area (Å²) in [7, 11) is 0. The van der Waals surface area contributed by atoms with Crippen molar-refractivity contribution in [2.24, 2.45) is 17.8 Å². The van der Waals surface area contributed by atoms with Crippen molar-refractivity contribution in [3.8, 4) is 0 Å². The molecule has 0 unspecified atom stereocenters. The fourth-order valence-corrected chi connectivity index (χ4v) is 5.44. The first kappa shape index (κ1) is 11.8. The quantitative estimate of drug-likeness (QED) is 0.808. The Morgan fingerprint density at radius 2 is 1.53 bits per heavy atom. The Hall–Kier alpha value is -0.980. The van der Waals surface area contributed by atoms with E-state index in [0.29, 0.717) is 5.54 Å². The Labute approximate surface area is 116 Å². The van der Waals surface area contributed by atoms with Crippen LogP contribution in [0.2, 0.25) is 0 Å². The van der Waals surface area contributed by atoms with Crippen LogP contribution in [-0.4, -0.2) is 5.54 Å². The summed E-state index contributed by atoms with van der Waals surface area (Å²) in [6, 6.07) is 6.70. The van der Waals surface area contributed by atoms with Crippen LogP contribution in [0.5, 0.6) is 0 Å². The number of hydrogen-bond donors (Lipinski definition) is 1. The summed E-state index contributed by atoms with van der Waals surface area (Å²) in [5.74, 6) is 3.05. The summed E-state index contributed by atoms with van der Waals surface area (Å²) in [5.41, 5.74) is 4.68. The van der Waals surface area contributed by atoms with Crippen molar-refractivity contribution in [1.29, 1.82) is 0 Å². The number of rotatable bonds is 2. The average Bonchev–Trinajstić information content (AvgIpc) is 2.33. The Kier molecular flexibility index (Phi) is 2.49. The van der Waals surface area contributed by atoms with Gasteiger partial charge in [-0.3, -0.25) is 0 Å². The molecule has 4 fully saturated rings. The SMILES string of the molecule is Cc1cccc(NC23CC4CC(CC(C4)C2)C3)c1C. The lowest BCUT2D eigenvalue weighted by Crippen LogP contribution is -2.54. The van der Waals surface area contributed by atoms with Crippen LogP contribution in [0, 0.1) is 31.6 Å². The number of nitrogens with one attached hydrogen (secondary N) is 1. The van der Waals surface area contributed by atoms with Crippen LogP contribution >= 0.6 is 0 Å². The van der Waals surface area contributed by atoms with Gasteiger partial charge < -0.3 is 5.32 Å². The predicted octanol–water partition coefficient (Wildman–Crippen LogP) is 4.68. The Morgan fingerprint density at radius 3 is 2.11 bits per heavy atom. The van der Waals surface area contributed by atoms with Crippen LogP contribution in [0.15, 0.2) is 18.2 Å². The number of hydrogen-bond acceptors (Lipinski definition) is 1. The van der Waals surface area contributed by atoms with Gasteiger partial charge in [0.05, 0.1) is 0 Å². The van der Waals surface area contributed by atoms with E-state index in [9.17, 15) is 0 Å². The maximum Gasteiger partial charge on any atom is 0.0381 e. The molecule has 4 saturated carbocycles. The van der Waals surface area contributed by atoms with Gasteiger partial charge in [0.15, 0.2) is 0 Å². The smallest absolute Gasteiger partial charge is 0.0381 e. The third-order valence-electron chi connectivity index (χ3n) is 6.04. The zero-order chi connectivity index (χ0) is 13.0. The largest absolute Gasteiger partial charge is 0.379 e. The van der Waals surface area contributed by atoms with Crippen LogP contribution in [0.25, 0.3) is 0 Å². The minimum absolute atomic E-state index is 0.438. The zero-order valence-electron chi connectivity index (χ0n) is 12.2. The lowest BCUT2D eigenvalue weighted by Gasteiger charge is -2.57. The summed E-state index contributed by atoms with van der Waals surface area (Å²) in [5, 5.41) is 4.00. The normalized spacial score (nSPS) is 39.6. The van der Waals surface area contributed by atoms with E-state index >= 15 is 0 Å². The molecule has 1 aromatic carbocycles. The highest BCUT2D eigenvalue weighted by Gasteiger charge is 2.50. The second-order valence-corrected chi connectivity index (χ2v) is 7.57. The summed E-state index contributed by atoms with van der Waals surface area (Å²) in [4.78, 5) is 0. The van der Waals surface area contributed by atoms with Crippen LogP contribution in [0.4, 0.5) is 5.69 Å². The van der Waals surface area contributed by atoms with Gasteiger partial charge in [-0.15, -0.1) is 0 Å². The Bertz CT molecular complexity index is 467. The van der Waals surface area contributed by atoms with E-state index in [1.807, 2.05) is 0 Å². The van der Waals surface area contributed by atoms with Gasteiger partial charge in [0, 0.05) is 11.2 Å². The zero-order valence-corrected chi connectivity index (χ0v) is 12.2. The van der Waals surface area contributed by atoms with Crippen molar-refractivity contribution in [2.45, 2.75) is 57.9 Å². The molecule has 0 spiro atoms. The molecule has 5 rings (SSSR count). The second-order valence-electron chi connectivity index (χ2n) is 7.57. The molecule has 1 nitrogen and oxygen atoms in total. The van der Waals surface area contributed by atoms with Crippen LogP contribution in [0.1, 0.15) is 49.7 Å². The fraction of sp³-hybridized carbons (Fsp3) is 0.667. The molecular weight excluding hydrogens is 230 g/mol. The van der Waals surface area contributed by atoms with Gasteiger partial charge in [-0.05, 0) is 87.3 Å². The molecule has 4 bridgehead atoms. The van der Waals surface area contributed by atoms with Crippen molar-refractivity contribution in [1.82, 2.24) is 0 Å². The highest BCUT2D eigenvalue weighted by atomic mass is 15.0. The van der Waals surface area contributed by atoms with Gasteiger partial charge in [-0.25, -0.2) is 0 Å². The molecule has 19 heavy (non-hydrogen) atoms. The Morgan fingerprint density at radius 1 is 0.947 bits per heavy atom. The van der Waals surface area contributed by atoms with E-state index in [4.69, 9.17) is 0 Å². The molecule has 0 heterocycles. The van der Waals surface area contributed by atoms with Crippen LogP contribution in [-0.2, 0) is 0 Å². The van der Waals surface area contributed by atoms with E-state index in [0.717, 1.165) is 17.8 Å². The molecule has 1 N–H and O–H groups in total. The van der Waals surface area contributed by atoms with Gasteiger partial charge in [0.2, 0.25) is 0 Å². The van der Waals surface area contributed by atoms with Gasteiger partial charge >= 0.3 is 0 Å². The maximum absolute atomic E-state index is 4.00. The van der Waals surface area contributed by atoms with E-state index in [1.54, 1.807) is 0 Å². The minimum atomic E-state index is 0.438. The number of anilines is 1. The minimum Gasteiger partial charge on any atom is -0.379 e. The van der Waals surface area contributed by atoms with E-state index in [2.05, 4.69) is 37.4 Å². The first-order chi connectivity index (χ1) is 9.13. The van der Waals surface area contributed by atoms with Crippen molar-refractivity contribution >= 4 is 5.69 Å². The van der Waals surface area contributed by atoms with Gasteiger partial charge in [-0.1, -0.05) is 12.1 Å². The summed E-state index contributed by atoms with van der Waals surface area (Å²) in [6.45, 7) is 4.48. The highest BCUT2D eigenvalue weighted by Crippen LogP contribution is 2.56. The van der Waals surface area contributed by atoms with Crippen molar-refractivity contribution in [3.05, 3.63) is 29.3 Å². The fourth-order valence-electron chi connectivity index (χ4n) is 5.44. The monoisotopic (exact) mass is 255 g/mol. The van der Waals surface area contributed by atoms with E-state index in [-0.39, 0.29) is 0 Å². The molecule has 0 atom stereocenters. The summed E-state index contributed by atoms with van der Waals surface area (Å²) in [6.07, 6.45) is 8.83. The molecule has 0 radical (unpaired) electrons. The van der Waals surface area contributed by atoms with Gasteiger partial charge in [0.25, 0.3) is 0 Å². The van der Waals surface area contributed by atoms with Crippen molar-refractivity contribution in [3.63, 3.8) is 0 Å². The molecule has 0 aromatic heterocycles. The number of aryl methyl sites for hydroxylation is 1. The van der Waals surface area contributed by atoms with Crippen molar-refractivity contribution in [2.75, 3.05) is 5.32 Å². The maximum atomic E-state index is 4.00. The average molecular weight is 255 g/mol. The third-order valence-corrected chi connectivity index (χ3v) is 6.04. The third kappa shape index (κ3) is 1.89. The molecule has 102 valence electrons. The lowest BCUT2D eigenvalue weighted by atomic mass is 9.53. The predicted molar refractivity (Wildman–Crippen MR) is 80.4 cm³/mol. The van der Waals surface area contributed by atoms with Crippen LogP contribution in [0.3, 0.4) is 0 Å². The highest BCUT2D eigenvalue weighted by molar-refractivity contribution is 5.55.